The second kappa shape index (κ2) is 9.88. The number of alkyl halides is 2. The van der Waals surface area contributed by atoms with Crippen molar-refractivity contribution in [1.82, 2.24) is 4.98 Å². The van der Waals surface area contributed by atoms with Crippen molar-refractivity contribution < 1.29 is 18.3 Å². The first kappa shape index (κ1) is 24.4. The number of aryl methyl sites for hydroxylation is 2. The number of hydrogen-bond acceptors (Lipinski definition) is 4. The first-order valence-electron chi connectivity index (χ1n) is 11.5. The summed E-state index contributed by atoms with van der Waals surface area (Å²) >= 11 is 6.71. The summed E-state index contributed by atoms with van der Waals surface area (Å²) < 4.78 is 40.2. The molecule has 4 nitrogen and oxygen atoms in total. The summed E-state index contributed by atoms with van der Waals surface area (Å²) in [5, 5.41) is 0.0920. The van der Waals surface area contributed by atoms with E-state index >= 15 is 0 Å². The van der Waals surface area contributed by atoms with Crippen LogP contribution in [0.4, 0.5) is 8.78 Å². The first-order valence-corrected chi connectivity index (χ1v) is 11.9. The number of hydrogen-bond donors (Lipinski definition) is 1. The summed E-state index contributed by atoms with van der Waals surface area (Å²) in [6.07, 6.45) is -2.37. The van der Waals surface area contributed by atoms with Crippen molar-refractivity contribution >= 4 is 11.6 Å². The van der Waals surface area contributed by atoms with E-state index in [4.69, 9.17) is 31.8 Å². The van der Waals surface area contributed by atoms with Gasteiger partial charge in [-0.2, -0.15) is 8.78 Å². The number of nitrogens with two attached hydrogens (primary N) is 1. The Bertz CT molecular complexity index is 1170. The fraction of sp³-hybridized carbons (Fsp3) is 0.370. The molecular weight excluding hydrogens is 458 g/mol. The van der Waals surface area contributed by atoms with Gasteiger partial charge in [-0.3, -0.25) is 0 Å². The summed E-state index contributed by atoms with van der Waals surface area (Å²) in [4.78, 5) is 4.91. The van der Waals surface area contributed by atoms with Crippen molar-refractivity contribution in [2.45, 2.75) is 45.6 Å². The molecular formula is C27H29ClF2N2O2. The van der Waals surface area contributed by atoms with Crippen LogP contribution in [0.5, 0.6) is 11.5 Å². The summed E-state index contributed by atoms with van der Waals surface area (Å²) in [5.74, 6) is -0.387. The quantitative estimate of drug-likeness (QED) is 0.358. The molecule has 1 heterocycles. The van der Waals surface area contributed by atoms with Crippen molar-refractivity contribution in [3.8, 4) is 22.8 Å². The Hall–Kier alpha value is -2.70. The SMILES string of the molecule is CCOc1c(C)cc(C(CN)c2ccccc2)nc1-c1ccc(C)c(OC(F)(F)C2CC2)c1Cl. The number of rotatable bonds is 9. The summed E-state index contributed by atoms with van der Waals surface area (Å²) in [6, 6.07) is 15.3. The molecule has 1 saturated carbocycles. The molecule has 7 heteroatoms. The highest BCUT2D eigenvalue weighted by atomic mass is 35.5. The van der Waals surface area contributed by atoms with Crippen LogP contribution in [-0.2, 0) is 0 Å². The second-order valence-corrected chi connectivity index (χ2v) is 9.06. The zero-order chi connectivity index (χ0) is 24.5. The minimum atomic E-state index is -3.26. The van der Waals surface area contributed by atoms with Gasteiger partial charge in [0.1, 0.15) is 17.2 Å². The molecule has 0 saturated heterocycles. The third kappa shape index (κ3) is 4.89. The molecule has 34 heavy (non-hydrogen) atoms. The molecule has 0 radical (unpaired) electrons. The maximum absolute atomic E-state index is 14.5. The van der Waals surface area contributed by atoms with Gasteiger partial charge in [-0.1, -0.05) is 54.1 Å². The van der Waals surface area contributed by atoms with Gasteiger partial charge in [0.05, 0.1) is 23.2 Å². The van der Waals surface area contributed by atoms with Crippen LogP contribution in [0.3, 0.4) is 0 Å². The van der Waals surface area contributed by atoms with E-state index in [0.29, 0.717) is 48.6 Å². The zero-order valence-corrected chi connectivity index (χ0v) is 20.3. The molecule has 0 bridgehead atoms. The van der Waals surface area contributed by atoms with E-state index in [0.717, 1.165) is 16.8 Å². The maximum Gasteiger partial charge on any atom is 0.400 e. The van der Waals surface area contributed by atoms with Crippen LogP contribution >= 0.6 is 11.6 Å². The predicted octanol–water partition coefficient (Wildman–Crippen LogP) is 6.89. The lowest BCUT2D eigenvalue weighted by atomic mass is 9.93. The van der Waals surface area contributed by atoms with Gasteiger partial charge in [0.25, 0.3) is 0 Å². The molecule has 180 valence electrons. The Morgan fingerprint density at radius 2 is 1.79 bits per heavy atom. The highest BCUT2D eigenvalue weighted by Crippen LogP contribution is 2.48. The van der Waals surface area contributed by atoms with Gasteiger partial charge in [0.2, 0.25) is 0 Å². The Balaban J connectivity index is 1.85. The Kier molecular flexibility index (Phi) is 7.10. The number of benzene rings is 2. The number of halogens is 3. The lowest BCUT2D eigenvalue weighted by molar-refractivity contribution is -0.192. The predicted molar refractivity (Wildman–Crippen MR) is 131 cm³/mol. The Labute approximate surface area is 204 Å². The van der Waals surface area contributed by atoms with Gasteiger partial charge in [-0.25, -0.2) is 4.98 Å². The third-order valence-electron chi connectivity index (χ3n) is 6.10. The van der Waals surface area contributed by atoms with E-state index in [1.54, 1.807) is 19.1 Å². The smallest absolute Gasteiger partial charge is 0.400 e. The van der Waals surface area contributed by atoms with Crippen LogP contribution in [-0.4, -0.2) is 24.2 Å². The molecule has 1 aromatic heterocycles. The molecule has 0 aliphatic heterocycles. The van der Waals surface area contributed by atoms with Crippen LogP contribution in [0.1, 0.15) is 48.1 Å². The van der Waals surface area contributed by atoms with E-state index in [2.05, 4.69) is 0 Å². The van der Waals surface area contributed by atoms with Gasteiger partial charge < -0.3 is 15.2 Å². The van der Waals surface area contributed by atoms with Crippen LogP contribution in [0, 0.1) is 19.8 Å². The van der Waals surface area contributed by atoms with Crippen molar-refractivity contribution in [3.63, 3.8) is 0 Å². The maximum atomic E-state index is 14.5. The lowest BCUT2D eigenvalue weighted by Crippen LogP contribution is -2.27. The van der Waals surface area contributed by atoms with E-state index in [1.807, 2.05) is 50.2 Å². The lowest BCUT2D eigenvalue weighted by Gasteiger charge is -2.23. The first-order chi connectivity index (χ1) is 16.3. The highest BCUT2D eigenvalue weighted by Gasteiger charge is 2.50. The minimum Gasteiger partial charge on any atom is -0.491 e. The molecule has 1 aliphatic carbocycles. The Morgan fingerprint density at radius 1 is 1.09 bits per heavy atom. The average molecular weight is 487 g/mol. The van der Waals surface area contributed by atoms with Crippen molar-refractivity contribution in [2.24, 2.45) is 11.7 Å². The molecule has 1 unspecified atom stereocenters. The van der Waals surface area contributed by atoms with E-state index in [9.17, 15) is 8.78 Å². The summed E-state index contributed by atoms with van der Waals surface area (Å²) in [7, 11) is 0. The zero-order valence-electron chi connectivity index (χ0n) is 19.6. The van der Waals surface area contributed by atoms with Gasteiger partial charge >= 0.3 is 6.11 Å². The van der Waals surface area contributed by atoms with Crippen LogP contribution in [0.2, 0.25) is 5.02 Å². The molecule has 1 fully saturated rings. The molecule has 1 atom stereocenters. The standard InChI is InChI=1S/C27H29ClF2N2O2/c1-4-33-26-17(3)14-22(21(15-31)18-8-6-5-7-9-18)32-24(26)20-13-10-16(2)25(23(20)28)34-27(29,30)19-11-12-19/h5-10,13-14,19,21H,4,11-12,15,31H2,1-3H3. The van der Waals surface area contributed by atoms with Crippen LogP contribution in [0.15, 0.2) is 48.5 Å². The number of aromatic nitrogens is 1. The van der Waals surface area contributed by atoms with E-state index in [-0.39, 0.29) is 16.7 Å². The largest absolute Gasteiger partial charge is 0.491 e. The van der Waals surface area contributed by atoms with Crippen molar-refractivity contribution in [2.75, 3.05) is 13.2 Å². The normalized spacial score (nSPS) is 14.7. The van der Waals surface area contributed by atoms with Crippen LogP contribution in [0.25, 0.3) is 11.3 Å². The molecule has 4 rings (SSSR count). The van der Waals surface area contributed by atoms with Crippen molar-refractivity contribution in [1.29, 1.82) is 0 Å². The molecule has 2 N–H and O–H groups in total. The summed E-state index contributed by atoms with van der Waals surface area (Å²) in [5.41, 5.74) is 10.3. The highest BCUT2D eigenvalue weighted by molar-refractivity contribution is 6.35. The third-order valence-corrected chi connectivity index (χ3v) is 6.48. The Morgan fingerprint density at radius 3 is 2.41 bits per heavy atom. The fourth-order valence-electron chi connectivity index (χ4n) is 4.09. The minimum absolute atomic E-state index is 0.0261. The monoisotopic (exact) mass is 486 g/mol. The average Bonchev–Trinajstić information content (AvgIpc) is 3.66. The molecule has 3 aromatic rings. The fourth-order valence-corrected chi connectivity index (χ4v) is 4.43. The van der Waals surface area contributed by atoms with E-state index in [1.165, 1.54) is 0 Å². The van der Waals surface area contributed by atoms with Crippen molar-refractivity contribution in [3.05, 3.63) is 75.9 Å². The number of nitrogens with zero attached hydrogens (tertiary/aromatic N) is 1. The molecule has 1 aliphatic rings. The van der Waals surface area contributed by atoms with Crippen LogP contribution < -0.4 is 15.2 Å². The topological polar surface area (TPSA) is 57.4 Å². The van der Waals surface area contributed by atoms with E-state index < -0.39 is 12.0 Å². The van der Waals surface area contributed by atoms with Gasteiger partial charge in [-0.15, -0.1) is 0 Å². The van der Waals surface area contributed by atoms with Gasteiger partial charge in [0.15, 0.2) is 0 Å². The molecule has 2 aromatic carbocycles. The number of ether oxygens (including phenoxy) is 2. The summed E-state index contributed by atoms with van der Waals surface area (Å²) in [6.45, 7) is 6.28. The molecule has 0 spiro atoms. The second-order valence-electron chi connectivity index (χ2n) is 8.68. The number of pyridine rings is 1. The molecule has 0 amide bonds. The van der Waals surface area contributed by atoms with Gasteiger partial charge in [-0.05, 0) is 56.4 Å². The van der Waals surface area contributed by atoms with Gasteiger partial charge in [0, 0.05) is 18.0 Å².